The number of nitrogens with zero attached hydrogens (tertiary/aromatic N) is 1. The van der Waals surface area contributed by atoms with Crippen molar-refractivity contribution < 1.29 is 19.1 Å². The summed E-state index contributed by atoms with van der Waals surface area (Å²) >= 11 is 1.52. The van der Waals surface area contributed by atoms with Gasteiger partial charge in [-0.1, -0.05) is 12.1 Å². The zero-order valence-corrected chi connectivity index (χ0v) is 13.4. The van der Waals surface area contributed by atoms with Crippen LogP contribution in [0.15, 0.2) is 29.2 Å². The number of rotatable bonds is 8. The van der Waals surface area contributed by atoms with E-state index < -0.39 is 0 Å². The van der Waals surface area contributed by atoms with Crippen LogP contribution in [0.25, 0.3) is 0 Å². The lowest BCUT2D eigenvalue weighted by Gasteiger charge is -2.23. The Morgan fingerprint density at radius 2 is 1.90 bits per heavy atom. The van der Waals surface area contributed by atoms with Gasteiger partial charge in [0.05, 0.1) is 25.7 Å². The van der Waals surface area contributed by atoms with E-state index in [1.165, 1.54) is 18.9 Å². The Morgan fingerprint density at radius 1 is 1.19 bits per heavy atom. The van der Waals surface area contributed by atoms with Gasteiger partial charge in [0, 0.05) is 25.1 Å². The molecule has 0 aliphatic rings. The fourth-order valence-electron chi connectivity index (χ4n) is 1.84. The standard InChI is InChI=1S/C15H21NO4S/c1-19-11-10-16(9-8-14(17)20-2)15(18)12-6-4-5-7-13(12)21-3/h4-7H,8-11H2,1-3H3. The molecule has 0 radical (unpaired) electrons. The molecule has 0 fully saturated rings. The Hall–Kier alpha value is -1.53. The van der Waals surface area contributed by atoms with Gasteiger partial charge in [0.1, 0.15) is 0 Å². The normalized spacial score (nSPS) is 10.2. The number of amides is 1. The van der Waals surface area contributed by atoms with Gasteiger partial charge in [0.2, 0.25) is 0 Å². The molecule has 0 heterocycles. The smallest absolute Gasteiger partial charge is 0.307 e. The number of methoxy groups -OCH3 is 2. The van der Waals surface area contributed by atoms with Gasteiger partial charge in [-0.2, -0.15) is 0 Å². The van der Waals surface area contributed by atoms with Crippen molar-refractivity contribution in [1.29, 1.82) is 0 Å². The van der Waals surface area contributed by atoms with Crippen LogP contribution < -0.4 is 0 Å². The summed E-state index contributed by atoms with van der Waals surface area (Å²) < 4.78 is 9.66. The van der Waals surface area contributed by atoms with Crippen LogP contribution in [0.4, 0.5) is 0 Å². The maximum atomic E-state index is 12.6. The van der Waals surface area contributed by atoms with Gasteiger partial charge in [-0.05, 0) is 18.4 Å². The van der Waals surface area contributed by atoms with Crippen LogP contribution in [0.2, 0.25) is 0 Å². The molecule has 0 aromatic heterocycles. The third-order valence-corrected chi connectivity index (χ3v) is 3.80. The van der Waals surface area contributed by atoms with Crippen LogP contribution >= 0.6 is 11.8 Å². The molecule has 0 saturated carbocycles. The average molecular weight is 311 g/mol. The number of benzene rings is 1. The topological polar surface area (TPSA) is 55.8 Å². The number of carbonyl (C=O) groups is 2. The van der Waals surface area contributed by atoms with Crippen molar-refractivity contribution in [2.24, 2.45) is 0 Å². The van der Waals surface area contributed by atoms with Crippen molar-refractivity contribution in [2.75, 3.05) is 40.2 Å². The quantitative estimate of drug-likeness (QED) is 0.543. The van der Waals surface area contributed by atoms with E-state index in [-0.39, 0.29) is 18.3 Å². The van der Waals surface area contributed by atoms with Crippen LogP contribution in [-0.2, 0) is 14.3 Å². The van der Waals surface area contributed by atoms with Gasteiger partial charge in [0.15, 0.2) is 0 Å². The monoisotopic (exact) mass is 311 g/mol. The summed E-state index contributed by atoms with van der Waals surface area (Å²) in [7, 11) is 2.92. The molecule has 0 spiro atoms. The van der Waals surface area contributed by atoms with E-state index in [0.717, 1.165) is 4.90 Å². The molecule has 1 amide bonds. The van der Waals surface area contributed by atoms with Gasteiger partial charge in [-0.3, -0.25) is 9.59 Å². The number of hydrogen-bond acceptors (Lipinski definition) is 5. The number of hydrogen-bond donors (Lipinski definition) is 0. The SMILES string of the molecule is COCCN(CCC(=O)OC)C(=O)c1ccccc1SC. The van der Waals surface area contributed by atoms with Crippen molar-refractivity contribution in [3.8, 4) is 0 Å². The molecule has 0 saturated heterocycles. The largest absolute Gasteiger partial charge is 0.469 e. The summed E-state index contributed by atoms with van der Waals surface area (Å²) in [4.78, 5) is 26.5. The second kappa shape index (κ2) is 9.41. The summed E-state index contributed by atoms with van der Waals surface area (Å²) in [5.74, 6) is -0.427. The van der Waals surface area contributed by atoms with Gasteiger partial charge < -0.3 is 14.4 Å². The Morgan fingerprint density at radius 3 is 2.52 bits per heavy atom. The molecule has 0 aliphatic heterocycles. The van der Waals surface area contributed by atoms with E-state index in [1.54, 1.807) is 18.1 Å². The fraction of sp³-hybridized carbons (Fsp3) is 0.467. The van der Waals surface area contributed by atoms with Crippen molar-refractivity contribution in [3.63, 3.8) is 0 Å². The predicted octanol–water partition coefficient (Wildman–Crippen LogP) is 2.06. The van der Waals surface area contributed by atoms with Crippen molar-refractivity contribution in [3.05, 3.63) is 29.8 Å². The molecule has 1 rings (SSSR count). The lowest BCUT2D eigenvalue weighted by Crippen LogP contribution is -2.36. The molecular weight excluding hydrogens is 290 g/mol. The predicted molar refractivity (Wildman–Crippen MR) is 82.6 cm³/mol. The van der Waals surface area contributed by atoms with Gasteiger partial charge in [-0.15, -0.1) is 11.8 Å². The lowest BCUT2D eigenvalue weighted by atomic mass is 10.2. The number of esters is 1. The summed E-state index contributed by atoms with van der Waals surface area (Å²) in [6, 6.07) is 7.44. The fourth-order valence-corrected chi connectivity index (χ4v) is 2.43. The molecule has 1 aromatic carbocycles. The van der Waals surface area contributed by atoms with Crippen LogP contribution in [-0.4, -0.2) is 56.9 Å². The van der Waals surface area contributed by atoms with E-state index in [4.69, 9.17) is 4.74 Å². The second-order valence-corrected chi connectivity index (χ2v) is 5.16. The Balaban J connectivity index is 2.85. The van der Waals surface area contributed by atoms with Crippen LogP contribution in [0.3, 0.4) is 0 Å². The molecule has 116 valence electrons. The minimum Gasteiger partial charge on any atom is -0.469 e. The third kappa shape index (κ3) is 5.40. The molecule has 21 heavy (non-hydrogen) atoms. The maximum absolute atomic E-state index is 12.6. The van der Waals surface area contributed by atoms with Crippen LogP contribution in [0.5, 0.6) is 0 Å². The highest BCUT2D eigenvalue weighted by Crippen LogP contribution is 2.21. The average Bonchev–Trinajstić information content (AvgIpc) is 2.53. The molecular formula is C15H21NO4S. The minimum absolute atomic E-state index is 0.0964. The molecule has 0 aliphatic carbocycles. The van der Waals surface area contributed by atoms with Crippen LogP contribution in [0.1, 0.15) is 16.8 Å². The van der Waals surface area contributed by atoms with Crippen molar-refractivity contribution in [2.45, 2.75) is 11.3 Å². The third-order valence-electron chi connectivity index (χ3n) is 3.00. The molecule has 5 nitrogen and oxygen atoms in total. The molecule has 0 atom stereocenters. The first-order chi connectivity index (χ1) is 10.1. The zero-order chi connectivity index (χ0) is 15.7. The maximum Gasteiger partial charge on any atom is 0.307 e. The minimum atomic E-state index is -0.330. The summed E-state index contributed by atoms with van der Waals surface area (Å²) in [5, 5.41) is 0. The summed E-state index contributed by atoms with van der Waals surface area (Å²) in [6.07, 6.45) is 2.10. The molecule has 0 unspecified atom stereocenters. The molecule has 6 heteroatoms. The first kappa shape index (κ1) is 17.5. The first-order valence-corrected chi connectivity index (χ1v) is 7.84. The van der Waals surface area contributed by atoms with E-state index in [1.807, 2.05) is 24.5 Å². The Labute approximate surface area is 129 Å². The van der Waals surface area contributed by atoms with Gasteiger partial charge in [0.25, 0.3) is 5.91 Å². The summed E-state index contributed by atoms with van der Waals surface area (Å²) in [6.45, 7) is 1.18. The van der Waals surface area contributed by atoms with Crippen molar-refractivity contribution >= 4 is 23.6 Å². The van der Waals surface area contributed by atoms with E-state index in [0.29, 0.717) is 25.3 Å². The number of thioether (sulfide) groups is 1. The highest BCUT2D eigenvalue weighted by molar-refractivity contribution is 7.98. The Kier molecular flexibility index (Phi) is 7.85. The van der Waals surface area contributed by atoms with Gasteiger partial charge in [-0.25, -0.2) is 0 Å². The highest BCUT2D eigenvalue weighted by atomic mass is 32.2. The van der Waals surface area contributed by atoms with Crippen LogP contribution in [0, 0.1) is 0 Å². The number of ether oxygens (including phenoxy) is 2. The molecule has 0 N–H and O–H groups in total. The van der Waals surface area contributed by atoms with E-state index in [9.17, 15) is 9.59 Å². The highest BCUT2D eigenvalue weighted by Gasteiger charge is 2.19. The second-order valence-electron chi connectivity index (χ2n) is 4.31. The van der Waals surface area contributed by atoms with Crippen molar-refractivity contribution in [1.82, 2.24) is 4.90 Å². The summed E-state index contributed by atoms with van der Waals surface area (Å²) in [5.41, 5.74) is 0.644. The molecule has 0 bridgehead atoms. The molecule has 1 aromatic rings. The number of carbonyl (C=O) groups excluding carboxylic acids is 2. The first-order valence-electron chi connectivity index (χ1n) is 6.62. The van der Waals surface area contributed by atoms with E-state index >= 15 is 0 Å². The Bertz CT molecular complexity index is 478. The lowest BCUT2D eigenvalue weighted by molar-refractivity contribution is -0.140. The van der Waals surface area contributed by atoms with Gasteiger partial charge >= 0.3 is 5.97 Å². The zero-order valence-electron chi connectivity index (χ0n) is 12.6. The van der Waals surface area contributed by atoms with E-state index in [2.05, 4.69) is 4.74 Å².